The molecule has 1 saturated heterocycles. The Morgan fingerprint density at radius 3 is 2.94 bits per heavy atom. The number of rotatable bonds is 4. The lowest BCUT2D eigenvalue weighted by molar-refractivity contribution is -0.0121. The largest absolute Gasteiger partial charge is 0.474 e. The Balaban J connectivity index is 1.79. The third-order valence-electron chi connectivity index (χ3n) is 2.55. The summed E-state index contributed by atoms with van der Waals surface area (Å²) in [6, 6.07) is 3.41. The van der Waals surface area contributed by atoms with E-state index in [1.807, 2.05) is 0 Å². The van der Waals surface area contributed by atoms with E-state index in [0.717, 1.165) is 19.4 Å². The molecule has 1 N–H and O–H groups in total. The van der Waals surface area contributed by atoms with Crippen LogP contribution in [0.5, 0.6) is 5.88 Å². The van der Waals surface area contributed by atoms with Gasteiger partial charge in [-0.15, -0.1) is 10.2 Å². The summed E-state index contributed by atoms with van der Waals surface area (Å²) >= 11 is 0. The number of hydrogen-bond acceptors (Lipinski definition) is 5. The van der Waals surface area contributed by atoms with Gasteiger partial charge in [0.25, 0.3) is 0 Å². The van der Waals surface area contributed by atoms with Crippen molar-refractivity contribution in [1.29, 1.82) is 0 Å². The van der Waals surface area contributed by atoms with Crippen LogP contribution in [0.3, 0.4) is 0 Å². The minimum absolute atomic E-state index is 0.0982. The van der Waals surface area contributed by atoms with Crippen LogP contribution in [0.4, 0.5) is 0 Å². The molecule has 1 aromatic rings. The van der Waals surface area contributed by atoms with Crippen LogP contribution in [0.1, 0.15) is 25.0 Å². The first-order chi connectivity index (χ1) is 7.88. The SMILES string of the molecule is OCc1ccc(OCC2CCCCO2)nn1. The molecule has 2 heterocycles. The fourth-order valence-electron chi connectivity index (χ4n) is 1.63. The van der Waals surface area contributed by atoms with Crippen LogP contribution in [0, 0.1) is 0 Å². The molecule has 16 heavy (non-hydrogen) atoms. The van der Waals surface area contributed by atoms with E-state index < -0.39 is 0 Å². The fraction of sp³-hybridized carbons (Fsp3) is 0.636. The molecule has 88 valence electrons. The average molecular weight is 224 g/mol. The summed E-state index contributed by atoms with van der Waals surface area (Å²) in [7, 11) is 0. The van der Waals surface area contributed by atoms with Gasteiger partial charge in [-0.05, 0) is 25.3 Å². The standard InChI is InChI=1S/C11H16N2O3/c14-7-9-4-5-11(13-12-9)16-8-10-3-1-2-6-15-10/h4-5,10,14H,1-3,6-8H2. The maximum absolute atomic E-state index is 8.80. The van der Waals surface area contributed by atoms with E-state index in [1.54, 1.807) is 12.1 Å². The van der Waals surface area contributed by atoms with Gasteiger partial charge >= 0.3 is 0 Å². The summed E-state index contributed by atoms with van der Waals surface area (Å²) in [6.07, 6.45) is 3.56. The van der Waals surface area contributed by atoms with Crippen molar-refractivity contribution in [3.05, 3.63) is 17.8 Å². The lowest BCUT2D eigenvalue weighted by atomic mass is 10.1. The molecule has 1 unspecified atom stereocenters. The first-order valence-corrected chi connectivity index (χ1v) is 5.56. The first-order valence-electron chi connectivity index (χ1n) is 5.56. The quantitative estimate of drug-likeness (QED) is 0.823. The highest BCUT2D eigenvalue weighted by Crippen LogP contribution is 2.14. The molecule has 0 aliphatic carbocycles. The monoisotopic (exact) mass is 224 g/mol. The van der Waals surface area contributed by atoms with Gasteiger partial charge in [0.1, 0.15) is 6.61 Å². The van der Waals surface area contributed by atoms with Crippen LogP contribution in [-0.2, 0) is 11.3 Å². The van der Waals surface area contributed by atoms with Gasteiger partial charge in [-0.3, -0.25) is 0 Å². The summed E-state index contributed by atoms with van der Waals surface area (Å²) in [5, 5.41) is 16.4. The topological polar surface area (TPSA) is 64.5 Å². The Bertz CT molecular complexity index is 310. The molecule has 0 bridgehead atoms. The van der Waals surface area contributed by atoms with Gasteiger partial charge in [-0.25, -0.2) is 0 Å². The number of hydrogen-bond donors (Lipinski definition) is 1. The highest BCUT2D eigenvalue weighted by Gasteiger charge is 2.14. The van der Waals surface area contributed by atoms with Crippen molar-refractivity contribution in [2.24, 2.45) is 0 Å². The maximum atomic E-state index is 8.80. The molecule has 0 radical (unpaired) electrons. The summed E-state index contributed by atoms with van der Waals surface area (Å²) in [4.78, 5) is 0. The van der Waals surface area contributed by atoms with Gasteiger partial charge < -0.3 is 14.6 Å². The van der Waals surface area contributed by atoms with Crippen LogP contribution < -0.4 is 4.74 Å². The van der Waals surface area contributed by atoms with Crippen molar-refractivity contribution >= 4 is 0 Å². The first kappa shape index (κ1) is 11.3. The molecular formula is C11H16N2O3. The van der Waals surface area contributed by atoms with Crippen molar-refractivity contribution in [3.8, 4) is 5.88 Å². The third kappa shape index (κ3) is 3.15. The second-order valence-electron chi connectivity index (χ2n) is 3.82. The molecule has 5 heteroatoms. The van der Waals surface area contributed by atoms with E-state index in [2.05, 4.69) is 10.2 Å². The van der Waals surface area contributed by atoms with E-state index in [0.29, 0.717) is 18.2 Å². The second-order valence-corrected chi connectivity index (χ2v) is 3.82. The minimum atomic E-state index is -0.0982. The van der Waals surface area contributed by atoms with Gasteiger partial charge in [-0.2, -0.15) is 0 Å². The zero-order chi connectivity index (χ0) is 11.2. The predicted octanol–water partition coefficient (Wildman–Crippen LogP) is 0.917. The van der Waals surface area contributed by atoms with Crippen LogP contribution in [0.25, 0.3) is 0 Å². The lowest BCUT2D eigenvalue weighted by Gasteiger charge is -2.22. The van der Waals surface area contributed by atoms with Crippen molar-refractivity contribution in [1.82, 2.24) is 10.2 Å². The smallest absolute Gasteiger partial charge is 0.233 e. The molecule has 2 rings (SSSR count). The van der Waals surface area contributed by atoms with Crippen molar-refractivity contribution < 1.29 is 14.6 Å². The summed E-state index contributed by atoms with van der Waals surface area (Å²) in [5.74, 6) is 0.478. The highest BCUT2D eigenvalue weighted by atomic mass is 16.5. The molecule has 1 aromatic heterocycles. The number of aromatic nitrogens is 2. The zero-order valence-electron chi connectivity index (χ0n) is 9.13. The summed E-state index contributed by atoms with van der Waals surface area (Å²) in [5.41, 5.74) is 0.543. The molecule has 1 aliphatic rings. The molecule has 1 atom stereocenters. The van der Waals surface area contributed by atoms with Gasteiger partial charge in [0.2, 0.25) is 5.88 Å². The molecule has 0 aromatic carbocycles. The molecule has 5 nitrogen and oxygen atoms in total. The molecule has 1 fully saturated rings. The Kier molecular flexibility index (Phi) is 4.07. The van der Waals surface area contributed by atoms with E-state index >= 15 is 0 Å². The maximum Gasteiger partial charge on any atom is 0.233 e. The van der Waals surface area contributed by atoms with E-state index in [9.17, 15) is 0 Å². The fourth-order valence-corrected chi connectivity index (χ4v) is 1.63. The molecule has 0 spiro atoms. The van der Waals surface area contributed by atoms with Crippen molar-refractivity contribution in [3.63, 3.8) is 0 Å². The Labute approximate surface area is 94.4 Å². The average Bonchev–Trinajstić information content (AvgIpc) is 2.38. The number of aliphatic hydroxyl groups excluding tert-OH is 1. The van der Waals surface area contributed by atoms with Crippen LogP contribution in [0.15, 0.2) is 12.1 Å². The van der Waals surface area contributed by atoms with Crippen LogP contribution in [0.2, 0.25) is 0 Å². The van der Waals surface area contributed by atoms with Gasteiger partial charge in [0.05, 0.1) is 18.4 Å². The summed E-state index contributed by atoms with van der Waals surface area (Å²) < 4.78 is 11.0. The third-order valence-corrected chi connectivity index (χ3v) is 2.55. The normalized spacial score (nSPS) is 20.7. The number of ether oxygens (including phenoxy) is 2. The molecule has 0 amide bonds. The Morgan fingerprint density at radius 2 is 2.31 bits per heavy atom. The second kappa shape index (κ2) is 5.77. The molecule has 1 aliphatic heterocycles. The van der Waals surface area contributed by atoms with Crippen LogP contribution >= 0.6 is 0 Å². The van der Waals surface area contributed by atoms with Gasteiger partial charge in [0.15, 0.2) is 0 Å². The number of nitrogens with zero attached hydrogens (tertiary/aromatic N) is 2. The van der Waals surface area contributed by atoms with Crippen molar-refractivity contribution in [2.75, 3.05) is 13.2 Å². The van der Waals surface area contributed by atoms with E-state index in [4.69, 9.17) is 14.6 Å². The highest BCUT2D eigenvalue weighted by molar-refractivity contribution is 5.10. The van der Waals surface area contributed by atoms with Crippen LogP contribution in [-0.4, -0.2) is 34.6 Å². The predicted molar refractivity (Wildman–Crippen MR) is 57.0 cm³/mol. The van der Waals surface area contributed by atoms with Gasteiger partial charge in [-0.1, -0.05) is 0 Å². The van der Waals surface area contributed by atoms with Gasteiger partial charge in [0, 0.05) is 12.7 Å². The number of aliphatic hydroxyl groups is 1. The van der Waals surface area contributed by atoms with Crippen molar-refractivity contribution in [2.45, 2.75) is 32.0 Å². The Hall–Kier alpha value is -1.20. The molecule has 0 saturated carbocycles. The molecular weight excluding hydrogens is 208 g/mol. The zero-order valence-corrected chi connectivity index (χ0v) is 9.13. The minimum Gasteiger partial charge on any atom is -0.474 e. The van der Waals surface area contributed by atoms with E-state index in [1.165, 1.54) is 6.42 Å². The van der Waals surface area contributed by atoms with E-state index in [-0.39, 0.29) is 12.7 Å². The summed E-state index contributed by atoms with van der Waals surface area (Å²) in [6.45, 7) is 1.25. The lowest BCUT2D eigenvalue weighted by Crippen LogP contribution is -2.26. The Morgan fingerprint density at radius 1 is 1.38 bits per heavy atom.